The van der Waals surface area contributed by atoms with E-state index in [1.807, 2.05) is 6.92 Å². The van der Waals surface area contributed by atoms with Crippen LogP contribution in [-0.4, -0.2) is 62.1 Å². The van der Waals surface area contributed by atoms with Crippen molar-refractivity contribution in [3.05, 3.63) is 23.7 Å². The van der Waals surface area contributed by atoms with E-state index in [1.54, 1.807) is 20.7 Å². The molecule has 9 nitrogen and oxygen atoms in total. The third-order valence-electron chi connectivity index (χ3n) is 4.08. The molecule has 0 atom stereocenters. The first-order chi connectivity index (χ1) is 12.8. The van der Waals surface area contributed by atoms with Gasteiger partial charge in [-0.2, -0.15) is 13.2 Å². The number of nitrogens with zero attached hydrogens (tertiary/aromatic N) is 7. The molecule has 1 N–H and O–H groups in total. The zero-order valence-electron chi connectivity index (χ0n) is 14.9. The molecule has 0 radical (unpaired) electrons. The predicted octanol–water partition coefficient (Wildman–Crippen LogP) is 1.77. The van der Waals surface area contributed by atoms with Gasteiger partial charge in [-0.05, 0) is 19.9 Å². The normalized spacial score (nSPS) is 15.1. The maximum Gasteiger partial charge on any atom is 0.433 e. The van der Waals surface area contributed by atoms with Gasteiger partial charge in [0.2, 0.25) is 5.95 Å². The number of carbonyl (C=O) groups excluding carboxylic acids is 1. The van der Waals surface area contributed by atoms with Gasteiger partial charge in [-0.15, -0.1) is 5.10 Å². The number of alkyl halides is 3. The molecule has 2 aromatic rings. The molecule has 0 saturated carbocycles. The first-order valence-corrected chi connectivity index (χ1v) is 8.40. The summed E-state index contributed by atoms with van der Waals surface area (Å²) in [6, 6.07) is 0.579. The number of halogens is 3. The summed E-state index contributed by atoms with van der Waals surface area (Å²) in [7, 11) is 0. The Morgan fingerprint density at radius 2 is 1.93 bits per heavy atom. The van der Waals surface area contributed by atoms with Gasteiger partial charge >= 0.3 is 12.2 Å². The molecule has 1 fully saturated rings. The lowest BCUT2D eigenvalue weighted by Crippen LogP contribution is -2.50. The number of hydrogen-bond acceptors (Lipinski definition) is 6. The third kappa shape index (κ3) is 4.44. The molecule has 0 aliphatic carbocycles. The number of hydrogen-bond donors (Lipinski definition) is 1. The molecule has 0 unspecified atom stereocenters. The largest absolute Gasteiger partial charge is 0.433 e. The zero-order valence-corrected chi connectivity index (χ0v) is 14.9. The Hall–Kier alpha value is -2.92. The van der Waals surface area contributed by atoms with Crippen molar-refractivity contribution in [3.8, 4) is 0 Å². The third-order valence-corrected chi connectivity index (χ3v) is 4.08. The fourth-order valence-corrected chi connectivity index (χ4v) is 2.65. The highest BCUT2D eigenvalue weighted by molar-refractivity contribution is 5.88. The van der Waals surface area contributed by atoms with Gasteiger partial charge < -0.3 is 9.80 Å². The van der Waals surface area contributed by atoms with E-state index in [2.05, 4.69) is 25.6 Å². The SMILES string of the molecule is CCn1cc(NC(=O)N2CCN(c3nc(C)cc(C(F)(F)F)n3)CC2)nn1. The average Bonchev–Trinajstić information content (AvgIpc) is 3.08. The lowest BCUT2D eigenvalue weighted by Gasteiger charge is -2.34. The Bertz CT molecular complexity index is 814. The Morgan fingerprint density at radius 1 is 1.22 bits per heavy atom. The fourth-order valence-electron chi connectivity index (χ4n) is 2.65. The van der Waals surface area contributed by atoms with Crippen LogP contribution in [0.25, 0.3) is 0 Å². The highest BCUT2D eigenvalue weighted by Gasteiger charge is 2.34. The maximum atomic E-state index is 12.9. The minimum Gasteiger partial charge on any atom is -0.337 e. The summed E-state index contributed by atoms with van der Waals surface area (Å²) in [5.41, 5.74) is -0.726. The monoisotopic (exact) mass is 384 g/mol. The van der Waals surface area contributed by atoms with Crippen molar-refractivity contribution in [1.82, 2.24) is 29.9 Å². The molecule has 0 bridgehead atoms. The number of urea groups is 1. The van der Waals surface area contributed by atoms with Crippen LogP contribution in [0.1, 0.15) is 18.3 Å². The Morgan fingerprint density at radius 3 is 2.52 bits per heavy atom. The van der Waals surface area contributed by atoms with Crippen LogP contribution in [0.2, 0.25) is 0 Å². The van der Waals surface area contributed by atoms with Gasteiger partial charge in [0.1, 0.15) is 5.69 Å². The molecule has 146 valence electrons. The molecule has 0 spiro atoms. The van der Waals surface area contributed by atoms with E-state index in [0.29, 0.717) is 38.5 Å². The number of anilines is 2. The number of aryl methyl sites for hydroxylation is 2. The van der Waals surface area contributed by atoms with Crippen LogP contribution in [0.15, 0.2) is 12.3 Å². The van der Waals surface area contributed by atoms with E-state index in [9.17, 15) is 18.0 Å². The summed E-state index contributed by atoms with van der Waals surface area (Å²) >= 11 is 0. The minimum absolute atomic E-state index is 0.0215. The standard InChI is InChI=1S/C15H19F3N8O/c1-3-26-9-12(22-23-26)21-14(27)25-6-4-24(5-7-25)13-19-10(2)8-11(20-13)15(16,17)18/h8-9H,3-7H2,1-2H3,(H,21,27). The molecule has 2 amide bonds. The summed E-state index contributed by atoms with van der Waals surface area (Å²) in [5.74, 6) is 0.370. The van der Waals surface area contributed by atoms with Gasteiger partial charge in [0.05, 0.1) is 6.20 Å². The smallest absolute Gasteiger partial charge is 0.337 e. The summed E-state index contributed by atoms with van der Waals surface area (Å²) in [4.78, 5) is 23.2. The quantitative estimate of drug-likeness (QED) is 0.867. The second-order valence-electron chi connectivity index (χ2n) is 6.06. The van der Waals surface area contributed by atoms with Crippen LogP contribution in [0.4, 0.5) is 29.7 Å². The Balaban J connectivity index is 1.61. The van der Waals surface area contributed by atoms with Crippen LogP contribution < -0.4 is 10.2 Å². The zero-order chi connectivity index (χ0) is 19.6. The van der Waals surface area contributed by atoms with Gasteiger partial charge in [-0.1, -0.05) is 5.21 Å². The van der Waals surface area contributed by atoms with Crippen LogP contribution in [0.5, 0.6) is 0 Å². The molecule has 1 aliphatic rings. The number of rotatable bonds is 3. The second kappa shape index (κ2) is 7.37. The van der Waals surface area contributed by atoms with E-state index in [1.165, 1.54) is 6.92 Å². The van der Waals surface area contributed by atoms with Crippen molar-refractivity contribution in [2.75, 3.05) is 36.4 Å². The highest BCUT2D eigenvalue weighted by atomic mass is 19.4. The number of piperazine rings is 1. The Kier molecular flexibility index (Phi) is 5.15. The summed E-state index contributed by atoms with van der Waals surface area (Å²) < 4.78 is 40.4. The van der Waals surface area contributed by atoms with Crippen molar-refractivity contribution in [1.29, 1.82) is 0 Å². The van der Waals surface area contributed by atoms with Crippen LogP contribution >= 0.6 is 0 Å². The highest BCUT2D eigenvalue weighted by Crippen LogP contribution is 2.29. The molecule has 3 heterocycles. The fraction of sp³-hybridized carbons (Fsp3) is 0.533. The molecule has 3 rings (SSSR count). The number of amides is 2. The summed E-state index contributed by atoms with van der Waals surface area (Å²) in [6.07, 6.45) is -2.91. The van der Waals surface area contributed by atoms with E-state index < -0.39 is 11.9 Å². The lowest BCUT2D eigenvalue weighted by atomic mass is 10.3. The molecule has 1 saturated heterocycles. The first-order valence-electron chi connectivity index (χ1n) is 8.40. The van der Waals surface area contributed by atoms with Crippen LogP contribution in [0, 0.1) is 6.92 Å². The van der Waals surface area contributed by atoms with E-state index in [4.69, 9.17) is 0 Å². The molecule has 0 aromatic carbocycles. The van der Waals surface area contributed by atoms with Crippen LogP contribution in [0.3, 0.4) is 0 Å². The van der Waals surface area contributed by atoms with Crippen molar-refractivity contribution >= 4 is 17.8 Å². The van der Waals surface area contributed by atoms with E-state index >= 15 is 0 Å². The molecular formula is C15H19F3N8O. The van der Waals surface area contributed by atoms with Gasteiger partial charge in [0.25, 0.3) is 0 Å². The molecular weight excluding hydrogens is 365 g/mol. The van der Waals surface area contributed by atoms with Crippen molar-refractivity contribution in [2.24, 2.45) is 0 Å². The average molecular weight is 384 g/mol. The van der Waals surface area contributed by atoms with Gasteiger partial charge in [-0.3, -0.25) is 10.00 Å². The number of nitrogens with one attached hydrogen (secondary N) is 1. The summed E-state index contributed by atoms with van der Waals surface area (Å²) in [5, 5.41) is 10.3. The van der Waals surface area contributed by atoms with Crippen molar-refractivity contribution in [2.45, 2.75) is 26.6 Å². The molecule has 12 heteroatoms. The molecule has 1 aliphatic heterocycles. The second-order valence-corrected chi connectivity index (χ2v) is 6.06. The maximum absolute atomic E-state index is 12.9. The minimum atomic E-state index is -4.53. The van der Waals surface area contributed by atoms with E-state index in [-0.39, 0.29) is 17.7 Å². The summed E-state index contributed by atoms with van der Waals surface area (Å²) in [6.45, 7) is 5.34. The van der Waals surface area contributed by atoms with Crippen LogP contribution in [-0.2, 0) is 12.7 Å². The first kappa shape index (κ1) is 18.9. The van der Waals surface area contributed by atoms with Gasteiger partial charge in [0, 0.05) is 38.4 Å². The van der Waals surface area contributed by atoms with E-state index in [0.717, 1.165) is 6.07 Å². The Labute approximate surface area is 153 Å². The topological polar surface area (TPSA) is 92.1 Å². The predicted molar refractivity (Wildman–Crippen MR) is 90.3 cm³/mol. The van der Waals surface area contributed by atoms with Gasteiger partial charge in [0.15, 0.2) is 5.82 Å². The number of aromatic nitrogens is 5. The van der Waals surface area contributed by atoms with Crippen molar-refractivity contribution in [3.63, 3.8) is 0 Å². The van der Waals surface area contributed by atoms with Gasteiger partial charge in [-0.25, -0.2) is 14.8 Å². The molecule has 27 heavy (non-hydrogen) atoms. The lowest BCUT2D eigenvalue weighted by molar-refractivity contribution is -0.141. The molecule has 2 aromatic heterocycles. The number of carbonyl (C=O) groups is 1. The van der Waals surface area contributed by atoms with Crippen molar-refractivity contribution < 1.29 is 18.0 Å².